The van der Waals surface area contributed by atoms with Crippen molar-refractivity contribution in [3.05, 3.63) is 81.2 Å². The van der Waals surface area contributed by atoms with Crippen molar-refractivity contribution in [3.8, 4) is 5.75 Å². The van der Waals surface area contributed by atoms with E-state index in [1.807, 2.05) is 47.4 Å². The molecule has 0 saturated carbocycles. The lowest BCUT2D eigenvalue weighted by Crippen LogP contribution is -2.41. The molecule has 0 radical (unpaired) electrons. The molecule has 1 fully saturated rings. The zero-order valence-corrected chi connectivity index (χ0v) is 20.8. The van der Waals surface area contributed by atoms with Gasteiger partial charge in [0.05, 0.1) is 32.6 Å². The van der Waals surface area contributed by atoms with E-state index in [1.54, 1.807) is 7.11 Å². The number of amides is 1. The first-order chi connectivity index (χ1) is 16.6. The molecule has 1 aromatic heterocycles. The Balaban J connectivity index is 1.48. The molecule has 3 aromatic rings. The lowest BCUT2D eigenvalue weighted by molar-refractivity contribution is 0.0732. The average molecular weight is 523 g/mol. The summed E-state index contributed by atoms with van der Waals surface area (Å²) in [6.45, 7) is 4.02. The molecule has 0 atom stereocenters. The van der Waals surface area contributed by atoms with Gasteiger partial charge in [-0.3, -0.25) is 4.79 Å². The molecule has 2 aliphatic heterocycles. The summed E-state index contributed by atoms with van der Waals surface area (Å²) in [5.41, 5.74) is 3.81. The first kappa shape index (κ1) is 22.8. The number of hydrogen-bond donors (Lipinski definition) is 0. The summed E-state index contributed by atoms with van der Waals surface area (Å²) >= 11 is 3.47. The number of nitrogens with zero attached hydrogens (tertiary/aromatic N) is 4. The fraction of sp³-hybridized carbons (Fsp3) is 0.346. The monoisotopic (exact) mass is 522 g/mol. The molecule has 0 N–H and O–H groups in total. The summed E-state index contributed by atoms with van der Waals surface area (Å²) in [4.78, 5) is 27.4. The van der Waals surface area contributed by atoms with Crippen LogP contribution in [0, 0.1) is 0 Å². The average Bonchev–Trinajstić information content (AvgIpc) is 2.88. The fourth-order valence-electron chi connectivity index (χ4n) is 4.56. The van der Waals surface area contributed by atoms with E-state index in [9.17, 15) is 4.79 Å². The van der Waals surface area contributed by atoms with Crippen LogP contribution >= 0.6 is 15.9 Å². The molecule has 2 aliphatic rings. The number of aromatic nitrogens is 2. The van der Waals surface area contributed by atoms with E-state index in [1.165, 1.54) is 0 Å². The van der Waals surface area contributed by atoms with E-state index in [0.29, 0.717) is 44.7 Å². The number of carbonyl (C=O) groups is 1. The third kappa shape index (κ3) is 4.79. The van der Waals surface area contributed by atoms with Gasteiger partial charge in [0.2, 0.25) is 0 Å². The van der Waals surface area contributed by atoms with Gasteiger partial charge in [-0.15, -0.1) is 0 Å². The predicted molar refractivity (Wildman–Crippen MR) is 133 cm³/mol. The van der Waals surface area contributed by atoms with Crippen molar-refractivity contribution in [2.24, 2.45) is 0 Å². The lowest BCUT2D eigenvalue weighted by atomic mass is 10.0. The van der Waals surface area contributed by atoms with Gasteiger partial charge in [0.1, 0.15) is 17.4 Å². The van der Waals surface area contributed by atoms with Crippen molar-refractivity contribution in [3.63, 3.8) is 0 Å². The maximum atomic E-state index is 13.2. The molecular weight excluding hydrogens is 496 g/mol. The Bertz CT molecular complexity index is 1200. The van der Waals surface area contributed by atoms with Gasteiger partial charge >= 0.3 is 0 Å². The highest BCUT2D eigenvalue weighted by molar-refractivity contribution is 9.10. The highest BCUT2D eigenvalue weighted by Crippen LogP contribution is 2.30. The molecular formula is C26H27BrN4O3. The van der Waals surface area contributed by atoms with E-state index >= 15 is 0 Å². The van der Waals surface area contributed by atoms with E-state index in [2.05, 4.69) is 26.9 Å². The number of para-hydroxylation sites is 1. The Morgan fingerprint density at radius 3 is 2.71 bits per heavy atom. The summed E-state index contributed by atoms with van der Waals surface area (Å²) in [6.07, 6.45) is 1.29. The van der Waals surface area contributed by atoms with Crippen LogP contribution < -0.4 is 9.64 Å². The summed E-state index contributed by atoms with van der Waals surface area (Å²) in [7, 11) is 1.68. The van der Waals surface area contributed by atoms with Gasteiger partial charge in [0.25, 0.3) is 5.91 Å². The minimum absolute atomic E-state index is 0.0259. The fourth-order valence-corrected chi connectivity index (χ4v) is 4.96. The molecule has 176 valence electrons. The number of anilines is 1. The van der Waals surface area contributed by atoms with Crippen molar-refractivity contribution in [2.45, 2.75) is 19.4 Å². The van der Waals surface area contributed by atoms with Crippen molar-refractivity contribution in [1.82, 2.24) is 14.9 Å². The van der Waals surface area contributed by atoms with Gasteiger partial charge in [-0.25, -0.2) is 9.97 Å². The van der Waals surface area contributed by atoms with Crippen molar-refractivity contribution in [1.29, 1.82) is 0 Å². The molecule has 8 heteroatoms. The van der Waals surface area contributed by atoms with Crippen LogP contribution in [0.15, 0.2) is 53.0 Å². The molecule has 5 rings (SSSR count). The quantitative estimate of drug-likeness (QED) is 0.506. The zero-order chi connectivity index (χ0) is 23.5. The highest BCUT2D eigenvalue weighted by atomic mass is 79.9. The third-order valence-corrected chi connectivity index (χ3v) is 6.79. The van der Waals surface area contributed by atoms with Gasteiger partial charge in [0, 0.05) is 53.6 Å². The van der Waals surface area contributed by atoms with Crippen LogP contribution in [0.4, 0.5) is 5.82 Å². The molecule has 34 heavy (non-hydrogen) atoms. The number of morpholine rings is 1. The Labute approximate surface area is 207 Å². The molecule has 7 nitrogen and oxygen atoms in total. The molecule has 0 unspecified atom stereocenters. The van der Waals surface area contributed by atoms with E-state index in [-0.39, 0.29) is 5.91 Å². The van der Waals surface area contributed by atoms with Crippen LogP contribution in [0.2, 0.25) is 0 Å². The number of benzene rings is 2. The Kier molecular flexibility index (Phi) is 6.78. The minimum atomic E-state index is 0.0259. The molecule has 2 aromatic carbocycles. The zero-order valence-electron chi connectivity index (χ0n) is 19.2. The van der Waals surface area contributed by atoms with Gasteiger partial charge in [-0.1, -0.05) is 40.2 Å². The first-order valence-corrected chi connectivity index (χ1v) is 12.3. The van der Waals surface area contributed by atoms with Crippen LogP contribution in [-0.2, 0) is 24.1 Å². The normalized spacial score (nSPS) is 15.7. The second kappa shape index (κ2) is 10.1. The van der Waals surface area contributed by atoms with Crippen LogP contribution in [0.3, 0.4) is 0 Å². The molecule has 1 amide bonds. The van der Waals surface area contributed by atoms with Crippen molar-refractivity contribution < 1.29 is 14.3 Å². The van der Waals surface area contributed by atoms with Gasteiger partial charge in [-0.05, 0) is 24.3 Å². The highest BCUT2D eigenvalue weighted by Gasteiger charge is 2.29. The van der Waals surface area contributed by atoms with Crippen LogP contribution in [0.5, 0.6) is 5.75 Å². The van der Waals surface area contributed by atoms with Crippen molar-refractivity contribution in [2.75, 3.05) is 44.9 Å². The number of fused-ring (bicyclic) bond motifs is 1. The number of halogens is 1. The predicted octanol–water partition coefficient (Wildman–Crippen LogP) is 3.87. The summed E-state index contributed by atoms with van der Waals surface area (Å²) in [6, 6.07) is 15.5. The molecule has 3 heterocycles. The molecule has 0 aliphatic carbocycles. The van der Waals surface area contributed by atoms with Crippen LogP contribution in [0.25, 0.3) is 0 Å². The SMILES string of the molecule is COc1ccccc1Cc1nc2c(c(N3CCOCC3)n1)CN(C(=O)c1cccc(Br)c1)CC2. The Morgan fingerprint density at radius 2 is 1.91 bits per heavy atom. The van der Waals surface area contributed by atoms with E-state index in [0.717, 1.165) is 51.8 Å². The van der Waals surface area contributed by atoms with Crippen LogP contribution in [-0.4, -0.2) is 60.7 Å². The maximum absolute atomic E-state index is 13.2. The van der Waals surface area contributed by atoms with E-state index in [4.69, 9.17) is 19.4 Å². The largest absolute Gasteiger partial charge is 0.496 e. The van der Waals surface area contributed by atoms with E-state index < -0.39 is 0 Å². The number of carbonyl (C=O) groups excluding carboxylic acids is 1. The van der Waals surface area contributed by atoms with Gasteiger partial charge < -0.3 is 19.3 Å². The number of methoxy groups -OCH3 is 1. The summed E-state index contributed by atoms with van der Waals surface area (Å²) < 4.78 is 12.0. The van der Waals surface area contributed by atoms with Crippen LogP contribution in [0.1, 0.15) is 33.0 Å². The summed E-state index contributed by atoms with van der Waals surface area (Å²) in [5.74, 6) is 2.56. The minimum Gasteiger partial charge on any atom is -0.496 e. The topological polar surface area (TPSA) is 67.8 Å². The number of rotatable bonds is 5. The molecule has 1 saturated heterocycles. The number of ether oxygens (including phenoxy) is 2. The molecule has 0 spiro atoms. The van der Waals surface area contributed by atoms with Gasteiger partial charge in [-0.2, -0.15) is 0 Å². The second-order valence-corrected chi connectivity index (χ2v) is 9.38. The Hall–Kier alpha value is -2.97. The van der Waals surface area contributed by atoms with Gasteiger partial charge in [0.15, 0.2) is 0 Å². The lowest BCUT2D eigenvalue weighted by Gasteiger charge is -2.34. The second-order valence-electron chi connectivity index (χ2n) is 8.46. The standard InChI is InChI=1S/C26H27BrN4O3/c1-33-23-8-3-2-5-18(23)16-24-28-22-9-10-31(26(32)19-6-4-7-20(27)15-19)17-21(22)25(29-24)30-11-13-34-14-12-30/h2-8,15H,9-14,16-17H2,1H3. The Morgan fingerprint density at radius 1 is 1.09 bits per heavy atom. The number of hydrogen-bond acceptors (Lipinski definition) is 6. The van der Waals surface area contributed by atoms with Crippen molar-refractivity contribution >= 4 is 27.7 Å². The smallest absolute Gasteiger partial charge is 0.254 e. The third-order valence-electron chi connectivity index (χ3n) is 6.30. The molecule has 0 bridgehead atoms. The summed E-state index contributed by atoms with van der Waals surface area (Å²) in [5, 5.41) is 0. The maximum Gasteiger partial charge on any atom is 0.254 e. The first-order valence-electron chi connectivity index (χ1n) is 11.5.